The summed E-state index contributed by atoms with van der Waals surface area (Å²) in [5, 5.41) is 0. The van der Waals surface area contributed by atoms with E-state index in [0.29, 0.717) is 0 Å². The number of amidine groups is 1. The average Bonchev–Trinajstić information content (AvgIpc) is 2.58. The molecule has 0 aliphatic carbocycles. The van der Waals surface area contributed by atoms with Gasteiger partial charge in [-0.1, -0.05) is 24.1 Å². The molecule has 1 saturated heterocycles. The van der Waals surface area contributed by atoms with E-state index in [0.717, 1.165) is 18.7 Å². The number of halogens is 1. The first-order valence-electron chi connectivity index (χ1n) is 6.76. The summed E-state index contributed by atoms with van der Waals surface area (Å²) in [4.78, 5) is 7.12. The Bertz CT molecular complexity index is 507. The molecule has 0 N–H and O–H groups in total. The molecule has 2 aliphatic rings. The molecule has 0 spiro atoms. The third kappa shape index (κ3) is 1.93. The van der Waals surface area contributed by atoms with E-state index >= 15 is 0 Å². The number of hydrogen-bond acceptors (Lipinski definition) is 2. The van der Waals surface area contributed by atoms with E-state index < -0.39 is 0 Å². The number of rotatable bonds is 0. The topological polar surface area (TPSA) is 15.6 Å². The largest absolute Gasteiger partial charge is 0.340 e. The first kappa shape index (κ1) is 12.0. The average molecular weight is 263 g/mol. The Balaban J connectivity index is 2.09. The maximum Gasteiger partial charge on any atom is 0.132 e. The fraction of sp³-hybridized carbons (Fsp3) is 0.533. The van der Waals surface area contributed by atoms with Gasteiger partial charge in [0.2, 0.25) is 0 Å². The summed E-state index contributed by atoms with van der Waals surface area (Å²) in [5.74, 6) is 1.18. The predicted octanol–water partition coefficient (Wildman–Crippen LogP) is 4.46. The van der Waals surface area contributed by atoms with Gasteiger partial charge in [0.15, 0.2) is 0 Å². The summed E-state index contributed by atoms with van der Waals surface area (Å²) < 4.78 is 0. The van der Waals surface area contributed by atoms with Crippen molar-refractivity contribution in [2.75, 3.05) is 6.54 Å². The lowest BCUT2D eigenvalue weighted by Gasteiger charge is -2.34. The molecule has 0 radical (unpaired) electrons. The third-order valence-corrected chi connectivity index (χ3v) is 4.52. The first-order valence-corrected chi connectivity index (χ1v) is 7.20. The molecule has 1 atom stereocenters. The van der Waals surface area contributed by atoms with E-state index in [9.17, 15) is 0 Å². The zero-order valence-corrected chi connectivity index (χ0v) is 11.8. The van der Waals surface area contributed by atoms with Gasteiger partial charge in [0.05, 0.1) is 5.69 Å². The van der Waals surface area contributed by atoms with Crippen LogP contribution in [0.3, 0.4) is 0 Å². The van der Waals surface area contributed by atoms with Crippen molar-refractivity contribution in [2.45, 2.75) is 45.0 Å². The molecule has 1 fully saturated rings. The molecule has 2 aliphatic heterocycles. The Morgan fingerprint density at radius 1 is 1.17 bits per heavy atom. The van der Waals surface area contributed by atoms with Crippen LogP contribution in [0.2, 0.25) is 0 Å². The second-order valence-electron chi connectivity index (χ2n) is 5.36. The van der Waals surface area contributed by atoms with Gasteiger partial charge in [-0.25, -0.2) is 4.99 Å². The van der Waals surface area contributed by atoms with Gasteiger partial charge in [-0.15, -0.1) is 0 Å². The van der Waals surface area contributed by atoms with Crippen molar-refractivity contribution < 1.29 is 0 Å². The van der Waals surface area contributed by atoms with Crippen LogP contribution in [0.1, 0.15) is 47.9 Å². The number of nitrogens with zero attached hydrogens (tertiary/aromatic N) is 2. The minimum absolute atomic E-state index is 0.0371. The van der Waals surface area contributed by atoms with Crippen molar-refractivity contribution >= 4 is 23.1 Å². The van der Waals surface area contributed by atoms with Crippen molar-refractivity contribution in [3.63, 3.8) is 0 Å². The van der Waals surface area contributed by atoms with Gasteiger partial charge in [-0.3, -0.25) is 0 Å². The Kier molecular flexibility index (Phi) is 3.06. The molecule has 1 aromatic carbocycles. The van der Waals surface area contributed by atoms with Crippen molar-refractivity contribution in [3.05, 3.63) is 28.8 Å². The van der Waals surface area contributed by atoms with Crippen molar-refractivity contribution in [1.29, 1.82) is 0 Å². The molecule has 0 aromatic heterocycles. The normalized spacial score (nSPS) is 22.9. The molecule has 3 heteroatoms. The fourth-order valence-electron chi connectivity index (χ4n) is 2.80. The number of hydrogen-bond donors (Lipinski definition) is 0. The zero-order valence-electron chi connectivity index (χ0n) is 11.0. The lowest BCUT2D eigenvalue weighted by molar-refractivity contribution is 0.387. The van der Waals surface area contributed by atoms with Gasteiger partial charge >= 0.3 is 0 Å². The van der Waals surface area contributed by atoms with E-state index in [-0.39, 0.29) is 5.50 Å². The SMILES string of the molecule is Cc1cc2c(cc1C)C(Cl)N1CCCCCC1=N2. The second-order valence-corrected chi connectivity index (χ2v) is 5.78. The highest BCUT2D eigenvalue weighted by atomic mass is 35.5. The standard InChI is InChI=1S/C15H19ClN2/c1-10-8-12-13(9-11(10)2)17-14-6-4-3-5-7-18(14)15(12)16/h8-9,15H,3-7H2,1-2H3. The van der Waals surface area contributed by atoms with Gasteiger partial charge < -0.3 is 4.90 Å². The molecule has 3 rings (SSSR count). The number of fused-ring (bicyclic) bond motifs is 2. The van der Waals surface area contributed by atoms with E-state index in [2.05, 4.69) is 30.9 Å². The highest BCUT2D eigenvalue weighted by molar-refractivity contribution is 6.22. The maximum atomic E-state index is 6.66. The minimum atomic E-state index is -0.0371. The molecule has 96 valence electrons. The van der Waals surface area contributed by atoms with Crippen LogP contribution in [0.4, 0.5) is 5.69 Å². The quantitative estimate of drug-likeness (QED) is 0.498. The smallest absolute Gasteiger partial charge is 0.132 e. The van der Waals surface area contributed by atoms with E-state index in [1.54, 1.807) is 0 Å². The van der Waals surface area contributed by atoms with Crippen LogP contribution in [0.15, 0.2) is 17.1 Å². The molecule has 1 aromatic rings. The van der Waals surface area contributed by atoms with Crippen LogP contribution in [0, 0.1) is 13.8 Å². The third-order valence-electron chi connectivity index (χ3n) is 4.05. The van der Waals surface area contributed by atoms with E-state index in [4.69, 9.17) is 16.6 Å². The summed E-state index contributed by atoms with van der Waals surface area (Å²) in [6.07, 6.45) is 4.81. The summed E-state index contributed by atoms with van der Waals surface area (Å²) in [6, 6.07) is 4.38. The van der Waals surface area contributed by atoms with Gasteiger partial charge in [0.25, 0.3) is 0 Å². The molecule has 1 unspecified atom stereocenters. The number of aliphatic imine (C=N–C) groups is 1. The summed E-state index contributed by atoms with van der Waals surface area (Å²) in [5.41, 5.74) is 4.80. The van der Waals surface area contributed by atoms with Gasteiger partial charge in [-0.2, -0.15) is 0 Å². The van der Waals surface area contributed by atoms with Crippen molar-refractivity contribution in [3.8, 4) is 0 Å². The van der Waals surface area contributed by atoms with Gasteiger partial charge in [0, 0.05) is 18.5 Å². The van der Waals surface area contributed by atoms with Crippen molar-refractivity contribution in [1.82, 2.24) is 4.90 Å². The van der Waals surface area contributed by atoms with Crippen LogP contribution in [0.5, 0.6) is 0 Å². The molecule has 2 heterocycles. The van der Waals surface area contributed by atoms with Crippen molar-refractivity contribution in [2.24, 2.45) is 4.99 Å². The van der Waals surface area contributed by atoms with Crippen LogP contribution in [-0.4, -0.2) is 17.3 Å². The summed E-state index contributed by atoms with van der Waals surface area (Å²) in [6.45, 7) is 5.32. The van der Waals surface area contributed by atoms with Crippen LogP contribution < -0.4 is 0 Å². The summed E-state index contributed by atoms with van der Waals surface area (Å²) in [7, 11) is 0. The number of alkyl halides is 1. The number of aryl methyl sites for hydroxylation is 2. The maximum absolute atomic E-state index is 6.66. The molecule has 0 saturated carbocycles. The molecule has 2 nitrogen and oxygen atoms in total. The fourth-order valence-corrected chi connectivity index (χ4v) is 3.18. The van der Waals surface area contributed by atoms with Crippen LogP contribution in [-0.2, 0) is 0 Å². The van der Waals surface area contributed by atoms with Gasteiger partial charge in [0.1, 0.15) is 11.3 Å². The Labute approximate surface area is 114 Å². The number of benzene rings is 1. The highest BCUT2D eigenvalue weighted by Gasteiger charge is 2.29. The lowest BCUT2D eigenvalue weighted by Crippen LogP contribution is -2.34. The lowest BCUT2D eigenvalue weighted by atomic mass is 10.0. The molecule has 0 bridgehead atoms. The monoisotopic (exact) mass is 262 g/mol. The molecule has 0 amide bonds. The van der Waals surface area contributed by atoms with Crippen LogP contribution in [0.25, 0.3) is 0 Å². The zero-order chi connectivity index (χ0) is 12.7. The van der Waals surface area contributed by atoms with Gasteiger partial charge in [-0.05, 0) is 43.9 Å². The Morgan fingerprint density at radius 3 is 2.78 bits per heavy atom. The van der Waals surface area contributed by atoms with E-state index in [1.165, 1.54) is 41.8 Å². The predicted molar refractivity (Wildman–Crippen MR) is 76.8 cm³/mol. The molecular formula is C15H19ClN2. The molecule has 18 heavy (non-hydrogen) atoms. The molecular weight excluding hydrogens is 244 g/mol. The van der Waals surface area contributed by atoms with E-state index in [1.807, 2.05) is 0 Å². The highest BCUT2D eigenvalue weighted by Crippen LogP contribution is 2.40. The Hall–Kier alpha value is -1.02. The summed E-state index contributed by atoms with van der Waals surface area (Å²) >= 11 is 6.66. The Morgan fingerprint density at radius 2 is 1.94 bits per heavy atom. The second kappa shape index (κ2) is 4.58. The first-order chi connectivity index (χ1) is 8.66. The van der Waals surface area contributed by atoms with Crippen LogP contribution >= 0.6 is 11.6 Å². The minimum Gasteiger partial charge on any atom is -0.340 e.